The second kappa shape index (κ2) is 3.56. The van der Waals surface area contributed by atoms with Crippen molar-refractivity contribution in [2.75, 3.05) is 0 Å². The van der Waals surface area contributed by atoms with Gasteiger partial charge in [0.25, 0.3) is 0 Å². The first-order chi connectivity index (χ1) is 8.13. The summed E-state index contributed by atoms with van der Waals surface area (Å²) in [5.41, 5.74) is 1.71. The minimum atomic E-state index is -0.920. The maximum absolute atomic E-state index is 14.0. The van der Waals surface area contributed by atoms with Gasteiger partial charge >= 0.3 is 5.97 Å². The maximum Gasteiger partial charge on any atom is 0.314 e. The molecule has 0 bridgehead atoms. The van der Waals surface area contributed by atoms with Gasteiger partial charge in [0, 0.05) is 5.56 Å². The highest BCUT2D eigenvalue weighted by Crippen LogP contribution is 2.50. The summed E-state index contributed by atoms with van der Waals surface area (Å²) < 4.78 is 14.0. The zero-order valence-corrected chi connectivity index (χ0v) is 9.63. The summed E-state index contributed by atoms with van der Waals surface area (Å²) in [7, 11) is 0. The van der Waals surface area contributed by atoms with Gasteiger partial charge in [0.05, 0.1) is 5.41 Å². The summed E-state index contributed by atoms with van der Waals surface area (Å²) in [6.07, 6.45) is 5.25. The van der Waals surface area contributed by atoms with Crippen LogP contribution in [0.4, 0.5) is 4.39 Å². The molecule has 1 aromatic rings. The molecule has 0 spiro atoms. The standard InChI is InChI=1S/C14H15FO2/c15-12-8-10-4-2-1-3-9(10)7-11(12)14(5-6-14)13(16)17/h7-8H,1-6H2,(H,16,17). The van der Waals surface area contributed by atoms with Crippen molar-refractivity contribution in [2.45, 2.75) is 43.9 Å². The summed E-state index contributed by atoms with van der Waals surface area (Å²) in [4.78, 5) is 11.2. The third kappa shape index (κ3) is 1.56. The lowest BCUT2D eigenvalue weighted by Gasteiger charge is -2.19. The third-order valence-corrected chi connectivity index (χ3v) is 4.11. The van der Waals surface area contributed by atoms with Gasteiger partial charge in [-0.3, -0.25) is 4.79 Å². The van der Waals surface area contributed by atoms with E-state index in [1.54, 1.807) is 6.07 Å². The highest BCUT2D eigenvalue weighted by atomic mass is 19.1. The molecule has 0 heterocycles. The Bertz CT molecular complexity index is 489. The Kier molecular flexibility index (Phi) is 2.25. The third-order valence-electron chi connectivity index (χ3n) is 4.11. The van der Waals surface area contributed by atoms with E-state index in [1.165, 1.54) is 0 Å². The molecule has 17 heavy (non-hydrogen) atoms. The number of halogens is 1. The van der Waals surface area contributed by atoms with Crippen LogP contribution in [-0.4, -0.2) is 11.1 Å². The number of carboxylic acids is 1. The smallest absolute Gasteiger partial charge is 0.314 e. The summed E-state index contributed by atoms with van der Waals surface area (Å²) in [6, 6.07) is 3.37. The van der Waals surface area contributed by atoms with E-state index in [-0.39, 0.29) is 5.82 Å². The number of hydrogen-bond donors (Lipinski definition) is 1. The van der Waals surface area contributed by atoms with Gasteiger partial charge in [-0.15, -0.1) is 0 Å². The predicted molar refractivity (Wildman–Crippen MR) is 61.6 cm³/mol. The van der Waals surface area contributed by atoms with Crippen molar-refractivity contribution in [3.8, 4) is 0 Å². The molecule has 3 heteroatoms. The molecule has 0 aromatic heterocycles. The lowest BCUT2D eigenvalue weighted by molar-refractivity contribution is -0.140. The van der Waals surface area contributed by atoms with E-state index in [1.807, 2.05) is 6.07 Å². The highest BCUT2D eigenvalue weighted by molar-refractivity contribution is 5.85. The van der Waals surface area contributed by atoms with Crippen molar-refractivity contribution in [2.24, 2.45) is 0 Å². The molecule has 0 amide bonds. The summed E-state index contributed by atoms with van der Waals surface area (Å²) in [5.74, 6) is -1.21. The van der Waals surface area contributed by atoms with Crippen molar-refractivity contribution >= 4 is 5.97 Å². The topological polar surface area (TPSA) is 37.3 Å². The molecule has 0 saturated heterocycles. The second-order valence-electron chi connectivity index (χ2n) is 5.20. The fourth-order valence-corrected chi connectivity index (χ4v) is 2.85. The molecule has 0 aliphatic heterocycles. The van der Waals surface area contributed by atoms with Gasteiger partial charge < -0.3 is 5.11 Å². The van der Waals surface area contributed by atoms with Crippen LogP contribution < -0.4 is 0 Å². The summed E-state index contributed by atoms with van der Waals surface area (Å²) >= 11 is 0. The van der Waals surface area contributed by atoms with Crippen LogP contribution in [0.3, 0.4) is 0 Å². The van der Waals surface area contributed by atoms with E-state index < -0.39 is 11.4 Å². The van der Waals surface area contributed by atoms with Crippen LogP contribution in [-0.2, 0) is 23.1 Å². The molecule has 3 rings (SSSR count). The molecule has 0 radical (unpaired) electrons. The molecule has 2 aliphatic rings. The van der Waals surface area contributed by atoms with Crippen LogP contribution >= 0.6 is 0 Å². The zero-order chi connectivity index (χ0) is 12.0. The van der Waals surface area contributed by atoms with Crippen LogP contribution in [0, 0.1) is 5.82 Å². The summed E-state index contributed by atoms with van der Waals surface area (Å²) in [6.45, 7) is 0. The maximum atomic E-state index is 14.0. The first-order valence-corrected chi connectivity index (χ1v) is 6.19. The van der Waals surface area contributed by atoms with Crippen LogP contribution in [0.1, 0.15) is 42.4 Å². The van der Waals surface area contributed by atoms with E-state index in [9.17, 15) is 14.3 Å². The highest BCUT2D eigenvalue weighted by Gasteiger charge is 2.53. The fourth-order valence-electron chi connectivity index (χ4n) is 2.85. The van der Waals surface area contributed by atoms with Crippen molar-refractivity contribution < 1.29 is 14.3 Å². The minimum Gasteiger partial charge on any atom is -0.481 e. The van der Waals surface area contributed by atoms with E-state index in [0.717, 1.165) is 36.8 Å². The Morgan fingerprint density at radius 1 is 1.18 bits per heavy atom. The molecule has 0 unspecified atom stereocenters. The Morgan fingerprint density at radius 3 is 2.29 bits per heavy atom. The molecule has 2 nitrogen and oxygen atoms in total. The van der Waals surface area contributed by atoms with Gasteiger partial charge in [-0.1, -0.05) is 6.07 Å². The van der Waals surface area contributed by atoms with Gasteiger partial charge in [0.1, 0.15) is 5.82 Å². The second-order valence-corrected chi connectivity index (χ2v) is 5.20. The number of aryl methyl sites for hydroxylation is 2. The van der Waals surface area contributed by atoms with Gasteiger partial charge in [0.15, 0.2) is 0 Å². The number of hydrogen-bond acceptors (Lipinski definition) is 1. The first kappa shape index (κ1) is 10.8. The Morgan fingerprint density at radius 2 is 1.76 bits per heavy atom. The number of aliphatic carboxylic acids is 1. The normalized spacial score (nSPS) is 20.8. The number of rotatable bonds is 2. The molecule has 90 valence electrons. The van der Waals surface area contributed by atoms with Crippen molar-refractivity contribution in [1.82, 2.24) is 0 Å². The van der Waals surface area contributed by atoms with Gasteiger partial charge in [-0.25, -0.2) is 4.39 Å². The van der Waals surface area contributed by atoms with E-state index in [0.29, 0.717) is 18.4 Å². The number of benzene rings is 1. The Hall–Kier alpha value is -1.38. The van der Waals surface area contributed by atoms with E-state index in [4.69, 9.17) is 0 Å². The van der Waals surface area contributed by atoms with Crippen LogP contribution in [0.2, 0.25) is 0 Å². The molecular weight excluding hydrogens is 219 g/mol. The van der Waals surface area contributed by atoms with Crippen molar-refractivity contribution in [1.29, 1.82) is 0 Å². The quantitative estimate of drug-likeness (QED) is 0.854. The first-order valence-electron chi connectivity index (χ1n) is 6.19. The van der Waals surface area contributed by atoms with Crippen LogP contribution in [0.15, 0.2) is 12.1 Å². The zero-order valence-electron chi connectivity index (χ0n) is 9.63. The number of carboxylic acid groups (broad SMARTS) is 1. The number of carbonyl (C=O) groups is 1. The lowest BCUT2D eigenvalue weighted by Crippen LogP contribution is -2.22. The number of fused-ring (bicyclic) bond motifs is 1. The molecule has 0 atom stereocenters. The molecule has 1 saturated carbocycles. The minimum absolute atomic E-state index is 0.328. The SMILES string of the molecule is O=C(O)C1(c2cc3c(cc2F)CCCC3)CC1. The van der Waals surface area contributed by atoms with Crippen LogP contribution in [0.5, 0.6) is 0 Å². The van der Waals surface area contributed by atoms with Gasteiger partial charge in [-0.2, -0.15) is 0 Å². The molecule has 1 N–H and O–H groups in total. The van der Waals surface area contributed by atoms with Gasteiger partial charge in [-0.05, 0) is 55.7 Å². The summed E-state index contributed by atoms with van der Waals surface area (Å²) in [5, 5.41) is 9.22. The fraction of sp³-hybridized carbons (Fsp3) is 0.500. The molecule has 1 aromatic carbocycles. The Balaban J connectivity index is 2.09. The largest absolute Gasteiger partial charge is 0.481 e. The monoisotopic (exact) mass is 234 g/mol. The molecule has 1 fully saturated rings. The predicted octanol–water partition coefficient (Wildman–Crippen LogP) is 2.82. The van der Waals surface area contributed by atoms with Crippen LogP contribution in [0.25, 0.3) is 0 Å². The van der Waals surface area contributed by atoms with Crippen molar-refractivity contribution in [3.05, 3.63) is 34.6 Å². The van der Waals surface area contributed by atoms with E-state index in [2.05, 4.69) is 0 Å². The molecular formula is C14H15FO2. The average molecular weight is 234 g/mol. The Labute approximate surface area is 99.5 Å². The molecule has 2 aliphatic carbocycles. The average Bonchev–Trinajstić information content (AvgIpc) is 3.09. The van der Waals surface area contributed by atoms with Crippen molar-refractivity contribution in [3.63, 3.8) is 0 Å². The van der Waals surface area contributed by atoms with Gasteiger partial charge in [0.2, 0.25) is 0 Å². The lowest BCUT2D eigenvalue weighted by atomic mass is 9.86. The van der Waals surface area contributed by atoms with E-state index >= 15 is 0 Å².